The monoisotopic (exact) mass is 381 g/mol. The topological polar surface area (TPSA) is 79.0 Å². The van der Waals surface area contributed by atoms with Crippen molar-refractivity contribution in [2.45, 2.75) is 13.3 Å². The van der Waals surface area contributed by atoms with Crippen LogP contribution in [0.2, 0.25) is 0 Å². The van der Waals surface area contributed by atoms with Gasteiger partial charge in [0.1, 0.15) is 5.75 Å². The van der Waals surface area contributed by atoms with Gasteiger partial charge in [-0.15, -0.1) is 0 Å². The largest absolute Gasteiger partial charge is 0.482 e. The number of anilines is 3. The van der Waals surface area contributed by atoms with Gasteiger partial charge in [0.25, 0.3) is 5.91 Å². The summed E-state index contributed by atoms with van der Waals surface area (Å²) in [4.78, 5) is 39.7. The van der Waals surface area contributed by atoms with E-state index in [1.165, 1.54) is 11.8 Å². The van der Waals surface area contributed by atoms with Crippen LogP contribution in [0.25, 0.3) is 0 Å². The average molecular weight is 381 g/mol. The molecule has 0 aromatic heterocycles. The molecule has 0 spiro atoms. The van der Waals surface area contributed by atoms with Crippen LogP contribution in [-0.4, -0.2) is 44.8 Å². The standard InChI is InChI=1S/C21H23N3O4/c1-14(25)15-4-9-19-18(12-15)24(21(27)13-28-19)11-10-20(26)22-16-5-7-17(8-6-16)23(2)3/h4-9,12H,10-11,13H2,1-3H3,(H,22,26). The molecule has 0 unspecified atom stereocenters. The minimum Gasteiger partial charge on any atom is -0.482 e. The zero-order chi connectivity index (χ0) is 20.3. The Hall–Kier alpha value is -3.35. The van der Waals surface area contributed by atoms with Gasteiger partial charge in [0.2, 0.25) is 5.91 Å². The lowest BCUT2D eigenvalue weighted by atomic mass is 10.1. The van der Waals surface area contributed by atoms with E-state index in [4.69, 9.17) is 4.74 Å². The molecule has 3 rings (SSSR count). The third kappa shape index (κ3) is 4.31. The van der Waals surface area contributed by atoms with Gasteiger partial charge in [-0.05, 0) is 49.4 Å². The van der Waals surface area contributed by atoms with Crippen molar-refractivity contribution in [3.63, 3.8) is 0 Å². The van der Waals surface area contributed by atoms with Crippen LogP contribution < -0.4 is 19.9 Å². The summed E-state index contributed by atoms with van der Waals surface area (Å²) >= 11 is 0. The number of benzene rings is 2. The molecule has 0 atom stereocenters. The Bertz CT molecular complexity index is 906. The summed E-state index contributed by atoms with van der Waals surface area (Å²) in [5.74, 6) is 0.00137. The second-order valence-corrected chi connectivity index (χ2v) is 6.81. The number of hydrogen-bond acceptors (Lipinski definition) is 5. The Morgan fingerprint density at radius 3 is 2.50 bits per heavy atom. The number of nitrogens with one attached hydrogen (secondary N) is 1. The molecule has 0 aliphatic carbocycles. The Morgan fingerprint density at radius 1 is 1.14 bits per heavy atom. The SMILES string of the molecule is CC(=O)c1ccc2c(c1)N(CCC(=O)Nc1ccc(N(C)C)cc1)C(=O)CO2. The maximum Gasteiger partial charge on any atom is 0.265 e. The lowest BCUT2D eigenvalue weighted by Gasteiger charge is -2.29. The summed E-state index contributed by atoms with van der Waals surface area (Å²) in [6, 6.07) is 12.5. The predicted octanol–water partition coefficient (Wildman–Crippen LogP) is 2.71. The fourth-order valence-electron chi connectivity index (χ4n) is 2.95. The number of carbonyl (C=O) groups is 3. The maximum absolute atomic E-state index is 12.3. The molecule has 146 valence electrons. The van der Waals surface area contributed by atoms with E-state index in [-0.39, 0.29) is 37.2 Å². The predicted molar refractivity (Wildman–Crippen MR) is 108 cm³/mol. The van der Waals surface area contributed by atoms with E-state index in [2.05, 4.69) is 5.32 Å². The second kappa shape index (κ2) is 8.12. The van der Waals surface area contributed by atoms with Gasteiger partial charge in [-0.2, -0.15) is 0 Å². The number of ketones is 1. The molecule has 0 saturated heterocycles. The van der Waals surface area contributed by atoms with Crippen molar-refractivity contribution in [3.05, 3.63) is 48.0 Å². The third-order valence-electron chi connectivity index (χ3n) is 4.54. The summed E-state index contributed by atoms with van der Waals surface area (Å²) in [5, 5.41) is 2.84. The zero-order valence-corrected chi connectivity index (χ0v) is 16.2. The molecule has 2 aromatic rings. The summed E-state index contributed by atoms with van der Waals surface area (Å²) in [6.45, 7) is 1.59. The van der Waals surface area contributed by atoms with Gasteiger partial charge in [-0.25, -0.2) is 0 Å². The van der Waals surface area contributed by atoms with E-state index in [0.29, 0.717) is 22.7 Å². The molecule has 7 heteroatoms. The van der Waals surface area contributed by atoms with Gasteiger partial charge in [0.15, 0.2) is 12.4 Å². The van der Waals surface area contributed by atoms with Crippen LogP contribution in [0.3, 0.4) is 0 Å². The highest BCUT2D eigenvalue weighted by Crippen LogP contribution is 2.33. The first-order valence-electron chi connectivity index (χ1n) is 9.00. The van der Waals surface area contributed by atoms with E-state index in [1.807, 2.05) is 43.3 Å². The minimum absolute atomic E-state index is 0.0833. The number of hydrogen-bond donors (Lipinski definition) is 1. The van der Waals surface area contributed by atoms with Crippen molar-refractivity contribution < 1.29 is 19.1 Å². The number of rotatable bonds is 6. The zero-order valence-electron chi connectivity index (χ0n) is 16.2. The van der Waals surface area contributed by atoms with Crippen molar-refractivity contribution in [3.8, 4) is 5.75 Å². The van der Waals surface area contributed by atoms with Crippen molar-refractivity contribution in [2.75, 3.05) is 42.4 Å². The van der Waals surface area contributed by atoms with Gasteiger partial charge in [0, 0.05) is 44.0 Å². The highest BCUT2D eigenvalue weighted by molar-refractivity contribution is 6.02. The Morgan fingerprint density at radius 2 is 1.86 bits per heavy atom. The van der Waals surface area contributed by atoms with E-state index in [1.54, 1.807) is 18.2 Å². The van der Waals surface area contributed by atoms with E-state index in [0.717, 1.165) is 5.69 Å². The van der Waals surface area contributed by atoms with Gasteiger partial charge in [0.05, 0.1) is 5.69 Å². The molecular weight excluding hydrogens is 358 g/mol. The number of Topliss-reactive ketones (excluding diaryl/α,β-unsaturated/α-hetero) is 1. The highest BCUT2D eigenvalue weighted by Gasteiger charge is 2.26. The normalized spacial score (nSPS) is 12.8. The van der Waals surface area contributed by atoms with Crippen LogP contribution in [0.1, 0.15) is 23.7 Å². The average Bonchev–Trinajstić information content (AvgIpc) is 2.67. The van der Waals surface area contributed by atoms with E-state index < -0.39 is 0 Å². The Kier molecular flexibility index (Phi) is 5.63. The lowest BCUT2D eigenvalue weighted by Crippen LogP contribution is -2.40. The molecule has 28 heavy (non-hydrogen) atoms. The molecule has 7 nitrogen and oxygen atoms in total. The van der Waals surface area contributed by atoms with Crippen molar-refractivity contribution >= 4 is 34.7 Å². The van der Waals surface area contributed by atoms with Gasteiger partial charge >= 0.3 is 0 Å². The molecule has 1 aliphatic rings. The van der Waals surface area contributed by atoms with Crippen LogP contribution >= 0.6 is 0 Å². The molecule has 1 N–H and O–H groups in total. The molecule has 0 fully saturated rings. The van der Waals surface area contributed by atoms with Gasteiger partial charge < -0.3 is 19.9 Å². The number of nitrogens with zero attached hydrogens (tertiary/aromatic N) is 2. The van der Waals surface area contributed by atoms with Crippen LogP contribution in [0, 0.1) is 0 Å². The molecule has 1 heterocycles. The first-order valence-corrected chi connectivity index (χ1v) is 9.00. The van der Waals surface area contributed by atoms with Crippen LogP contribution in [-0.2, 0) is 9.59 Å². The molecule has 0 radical (unpaired) electrons. The summed E-state index contributed by atoms with van der Waals surface area (Å²) < 4.78 is 5.43. The molecule has 2 aromatic carbocycles. The van der Waals surface area contributed by atoms with E-state index in [9.17, 15) is 14.4 Å². The number of fused-ring (bicyclic) bond motifs is 1. The molecule has 2 amide bonds. The van der Waals surface area contributed by atoms with Crippen LogP contribution in [0.4, 0.5) is 17.1 Å². The Balaban J connectivity index is 1.67. The molecule has 0 saturated carbocycles. The maximum atomic E-state index is 12.3. The summed E-state index contributed by atoms with van der Waals surface area (Å²) in [6.07, 6.45) is 0.130. The van der Waals surface area contributed by atoms with Crippen molar-refractivity contribution in [2.24, 2.45) is 0 Å². The molecular formula is C21H23N3O4. The van der Waals surface area contributed by atoms with Crippen LogP contribution in [0.5, 0.6) is 5.75 Å². The second-order valence-electron chi connectivity index (χ2n) is 6.81. The highest BCUT2D eigenvalue weighted by atomic mass is 16.5. The quantitative estimate of drug-likeness (QED) is 0.779. The Labute approximate surface area is 163 Å². The summed E-state index contributed by atoms with van der Waals surface area (Å²) in [7, 11) is 3.89. The van der Waals surface area contributed by atoms with Crippen LogP contribution in [0.15, 0.2) is 42.5 Å². The number of carbonyl (C=O) groups excluding carboxylic acids is 3. The first kappa shape index (κ1) is 19.4. The van der Waals surface area contributed by atoms with Gasteiger partial charge in [-0.3, -0.25) is 14.4 Å². The number of amides is 2. The minimum atomic E-state index is -0.240. The van der Waals surface area contributed by atoms with E-state index >= 15 is 0 Å². The van der Waals surface area contributed by atoms with Crippen molar-refractivity contribution in [1.29, 1.82) is 0 Å². The lowest BCUT2D eigenvalue weighted by molar-refractivity contribution is -0.121. The summed E-state index contributed by atoms with van der Waals surface area (Å²) in [5.41, 5.74) is 2.75. The molecule has 1 aliphatic heterocycles. The fraction of sp³-hybridized carbons (Fsp3) is 0.286. The van der Waals surface area contributed by atoms with Gasteiger partial charge in [-0.1, -0.05) is 0 Å². The van der Waals surface area contributed by atoms with Crippen molar-refractivity contribution in [1.82, 2.24) is 0 Å². The smallest absolute Gasteiger partial charge is 0.265 e. The number of ether oxygens (including phenoxy) is 1. The third-order valence-corrected chi connectivity index (χ3v) is 4.54. The molecule has 0 bridgehead atoms. The fourth-order valence-corrected chi connectivity index (χ4v) is 2.95. The first-order chi connectivity index (χ1) is 13.3.